The molecule has 1 heterocycles. The molecular weight excluding hydrogens is 244 g/mol. The van der Waals surface area contributed by atoms with Gasteiger partial charge in [0.1, 0.15) is 17.5 Å². The van der Waals surface area contributed by atoms with Gasteiger partial charge in [0, 0.05) is 12.4 Å². The van der Waals surface area contributed by atoms with Crippen LogP contribution in [-0.2, 0) is 0 Å². The largest absolute Gasteiger partial charge is 0.494 e. The van der Waals surface area contributed by atoms with E-state index >= 15 is 0 Å². The van der Waals surface area contributed by atoms with E-state index in [0.29, 0.717) is 23.7 Å². The Labute approximate surface area is 111 Å². The van der Waals surface area contributed by atoms with Crippen LogP contribution in [-0.4, -0.2) is 28.8 Å². The second kappa shape index (κ2) is 6.15. The first kappa shape index (κ1) is 13.3. The topological polar surface area (TPSA) is 64.5 Å². The third kappa shape index (κ3) is 3.00. The summed E-state index contributed by atoms with van der Waals surface area (Å²) in [7, 11) is 1.50. The summed E-state index contributed by atoms with van der Waals surface area (Å²) in [6, 6.07) is 7.21. The number of aliphatic hydroxyl groups excluding tert-OH is 1. The number of aliphatic hydroxyl groups is 1. The Morgan fingerprint density at radius 3 is 2.47 bits per heavy atom. The van der Waals surface area contributed by atoms with Gasteiger partial charge in [0.25, 0.3) is 0 Å². The number of hydrogen-bond acceptors (Lipinski definition) is 5. The van der Waals surface area contributed by atoms with Gasteiger partial charge in [0.2, 0.25) is 5.88 Å². The maximum Gasteiger partial charge on any atom is 0.238 e. The lowest BCUT2D eigenvalue weighted by Crippen LogP contribution is -2.06. The van der Waals surface area contributed by atoms with Gasteiger partial charge in [-0.1, -0.05) is 12.1 Å². The Morgan fingerprint density at radius 2 is 1.84 bits per heavy atom. The molecule has 5 nitrogen and oxygen atoms in total. The molecule has 19 heavy (non-hydrogen) atoms. The maximum absolute atomic E-state index is 10.3. The van der Waals surface area contributed by atoms with Crippen LogP contribution >= 0.6 is 0 Å². The van der Waals surface area contributed by atoms with Crippen LogP contribution in [0.3, 0.4) is 0 Å². The fourth-order valence-electron chi connectivity index (χ4n) is 1.75. The molecule has 5 heteroatoms. The van der Waals surface area contributed by atoms with E-state index in [1.54, 1.807) is 12.1 Å². The van der Waals surface area contributed by atoms with E-state index in [4.69, 9.17) is 9.47 Å². The van der Waals surface area contributed by atoms with E-state index in [9.17, 15) is 5.11 Å². The highest BCUT2D eigenvalue weighted by Gasteiger charge is 2.17. The lowest BCUT2D eigenvalue weighted by molar-refractivity contribution is 0.207. The molecule has 1 unspecified atom stereocenters. The molecule has 0 saturated carbocycles. The van der Waals surface area contributed by atoms with Crippen molar-refractivity contribution in [3.8, 4) is 11.6 Å². The quantitative estimate of drug-likeness (QED) is 0.890. The van der Waals surface area contributed by atoms with Crippen molar-refractivity contribution in [1.29, 1.82) is 0 Å². The van der Waals surface area contributed by atoms with Gasteiger partial charge in [0.15, 0.2) is 0 Å². The van der Waals surface area contributed by atoms with Crippen molar-refractivity contribution >= 4 is 0 Å². The molecule has 0 saturated heterocycles. The number of benzene rings is 1. The summed E-state index contributed by atoms with van der Waals surface area (Å²) < 4.78 is 10.4. The zero-order chi connectivity index (χ0) is 13.7. The number of methoxy groups -OCH3 is 1. The van der Waals surface area contributed by atoms with Crippen LogP contribution in [0.5, 0.6) is 11.6 Å². The van der Waals surface area contributed by atoms with Crippen molar-refractivity contribution in [2.75, 3.05) is 13.7 Å². The molecule has 0 fully saturated rings. The van der Waals surface area contributed by atoms with Gasteiger partial charge in [0.05, 0.1) is 13.7 Å². The van der Waals surface area contributed by atoms with Crippen LogP contribution in [0.1, 0.15) is 24.3 Å². The monoisotopic (exact) mass is 260 g/mol. The number of ether oxygens (including phenoxy) is 2. The van der Waals surface area contributed by atoms with Crippen molar-refractivity contribution < 1.29 is 14.6 Å². The van der Waals surface area contributed by atoms with E-state index in [0.717, 1.165) is 5.75 Å². The molecule has 0 radical (unpaired) electrons. The van der Waals surface area contributed by atoms with Gasteiger partial charge in [-0.05, 0) is 24.6 Å². The smallest absolute Gasteiger partial charge is 0.238 e. The Kier molecular flexibility index (Phi) is 4.30. The summed E-state index contributed by atoms with van der Waals surface area (Å²) in [5.74, 6) is 1.09. The van der Waals surface area contributed by atoms with E-state index < -0.39 is 6.10 Å². The van der Waals surface area contributed by atoms with Crippen LogP contribution in [0.4, 0.5) is 0 Å². The van der Waals surface area contributed by atoms with Crippen LogP contribution in [0, 0.1) is 0 Å². The summed E-state index contributed by atoms with van der Waals surface area (Å²) in [5, 5.41) is 10.3. The molecule has 0 amide bonds. The van der Waals surface area contributed by atoms with E-state index in [1.807, 2.05) is 19.1 Å². The minimum atomic E-state index is -0.876. The zero-order valence-corrected chi connectivity index (χ0v) is 10.9. The van der Waals surface area contributed by atoms with Gasteiger partial charge in [-0.2, -0.15) is 0 Å². The van der Waals surface area contributed by atoms with Gasteiger partial charge >= 0.3 is 0 Å². The Morgan fingerprint density at radius 1 is 1.16 bits per heavy atom. The first-order valence-corrected chi connectivity index (χ1v) is 6.02. The first-order chi connectivity index (χ1) is 9.26. The number of aromatic nitrogens is 2. The molecule has 0 bridgehead atoms. The molecule has 0 aliphatic rings. The van der Waals surface area contributed by atoms with Gasteiger partial charge in [-0.15, -0.1) is 0 Å². The molecule has 100 valence electrons. The second-order valence-corrected chi connectivity index (χ2v) is 3.86. The Balaban J connectivity index is 2.25. The average molecular weight is 260 g/mol. The van der Waals surface area contributed by atoms with Crippen molar-refractivity contribution in [2.45, 2.75) is 13.0 Å². The summed E-state index contributed by atoms with van der Waals surface area (Å²) in [4.78, 5) is 8.14. The predicted molar refractivity (Wildman–Crippen MR) is 70.3 cm³/mol. The average Bonchev–Trinajstić information content (AvgIpc) is 2.47. The Hall–Kier alpha value is -2.14. The van der Waals surface area contributed by atoms with Crippen molar-refractivity contribution in [3.63, 3.8) is 0 Å². The molecule has 2 aromatic rings. The molecule has 1 N–H and O–H groups in total. The predicted octanol–water partition coefficient (Wildman–Crippen LogP) is 1.97. The van der Waals surface area contributed by atoms with Gasteiger partial charge in [-0.25, -0.2) is 4.98 Å². The molecular formula is C14H16N2O3. The minimum absolute atomic E-state index is 0.323. The SMILES string of the molecule is CCOc1ccc(C(O)c2nccnc2OC)cc1. The normalized spacial score (nSPS) is 11.9. The highest BCUT2D eigenvalue weighted by molar-refractivity contribution is 5.34. The first-order valence-electron chi connectivity index (χ1n) is 6.02. The molecule has 2 rings (SSSR count). The molecule has 1 aromatic carbocycles. The molecule has 0 aliphatic heterocycles. The lowest BCUT2D eigenvalue weighted by atomic mass is 10.1. The van der Waals surface area contributed by atoms with E-state index in [2.05, 4.69) is 9.97 Å². The number of nitrogens with zero attached hydrogens (tertiary/aromatic N) is 2. The summed E-state index contributed by atoms with van der Waals surface area (Å²) in [6.07, 6.45) is 2.17. The number of rotatable bonds is 5. The molecule has 0 spiro atoms. The summed E-state index contributed by atoms with van der Waals surface area (Å²) >= 11 is 0. The Bertz CT molecular complexity index is 528. The summed E-state index contributed by atoms with van der Waals surface area (Å²) in [5.41, 5.74) is 1.11. The van der Waals surface area contributed by atoms with E-state index in [1.165, 1.54) is 19.5 Å². The fraction of sp³-hybridized carbons (Fsp3) is 0.286. The maximum atomic E-state index is 10.3. The van der Waals surface area contributed by atoms with Crippen LogP contribution < -0.4 is 9.47 Å². The van der Waals surface area contributed by atoms with Crippen molar-refractivity contribution in [1.82, 2.24) is 9.97 Å². The minimum Gasteiger partial charge on any atom is -0.494 e. The highest BCUT2D eigenvalue weighted by atomic mass is 16.5. The zero-order valence-electron chi connectivity index (χ0n) is 10.9. The van der Waals surface area contributed by atoms with E-state index in [-0.39, 0.29) is 0 Å². The lowest BCUT2D eigenvalue weighted by Gasteiger charge is -2.13. The third-order valence-corrected chi connectivity index (χ3v) is 2.65. The third-order valence-electron chi connectivity index (χ3n) is 2.65. The van der Waals surface area contributed by atoms with Crippen LogP contribution in [0.2, 0.25) is 0 Å². The van der Waals surface area contributed by atoms with Crippen molar-refractivity contribution in [3.05, 3.63) is 47.9 Å². The highest BCUT2D eigenvalue weighted by Crippen LogP contribution is 2.27. The van der Waals surface area contributed by atoms with Crippen molar-refractivity contribution in [2.24, 2.45) is 0 Å². The second-order valence-electron chi connectivity index (χ2n) is 3.86. The van der Waals surface area contributed by atoms with Gasteiger partial charge < -0.3 is 14.6 Å². The fourth-order valence-corrected chi connectivity index (χ4v) is 1.75. The van der Waals surface area contributed by atoms with Crippen LogP contribution in [0.15, 0.2) is 36.7 Å². The summed E-state index contributed by atoms with van der Waals surface area (Å²) in [6.45, 7) is 2.53. The van der Waals surface area contributed by atoms with Gasteiger partial charge in [-0.3, -0.25) is 4.98 Å². The molecule has 1 aromatic heterocycles. The molecule has 0 aliphatic carbocycles. The number of hydrogen-bond donors (Lipinski definition) is 1. The standard InChI is InChI=1S/C14H16N2O3/c1-3-19-11-6-4-10(5-7-11)13(17)12-14(18-2)16-9-8-15-12/h4-9,13,17H,3H2,1-2H3. The van der Waals surface area contributed by atoms with Crippen LogP contribution in [0.25, 0.3) is 0 Å². The molecule has 1 atom stereocenters.